The normalized spacial score (nSPS) is 17.5. The molecule has 124 valence electrons. The van der Waals surface area contributed by atoms with Crippen molar-refractivity contribution in [3.05, 3.63) is 29.3 Å². The maximum absolute atomic E-state index is 10.3. The predicted octanol–water partition coefficient (Wildman–Crippen LogP) is 2.69. The highest BCUT2D eigenvalue weighted by Gasteiger charge is 2.18. The van der Waals surface area contributed by atoms with Crippen LogP contribution in [0.15, 0.2) is 18.2 Å². The van der Waals surface area contributed by atoms with Gasteiger partial charge in [0.2, 0.25) is 0 Å². The zero-order valence-electron chi connectivity index (χ0n) is 14.0. The molecule has 1 saturated heterocycles. The van der Waals surface area contributed by atoms with Gasteiger partial charge in [-0.05, 0) is 50.8 Å². The zero-order valence-corrected chi connectivity index (χ0v) is 14.0. The van der Waals surface area contributed by atoms with Crippen molar-refractivity contribution in [3.8, 4) is 0 Å². The molecule has 1 aromatic carbocycles. The van der Waals surface area contributed by atoms with E-state index in [-0.39, 0.29) is 6.10 Å². The molecule has 0 spiro atoms. The maximum atomic E-state index is 10.3. The molecule has 1 heterocycles. The van der Waals surface area contributed by atoms with Crippen molar-refractivity contribution in [3.63, 3.8) is 0 Å². The van der Waals surface area contributed by atoms with Crippen molar-refractivity contribution in [2.24, 2.45) is 0 Å². The van der Waals surface area contributed by atoms with Gasteiger partial charge in [-0.15, -0.1) is 0 Å². The standard InChI is InChI=1S/C18H29NO3/c1-4-19(18-11-14(2)5-6-15(18)3)12-16(20)13-22-17-7-9-21-10-8-17/h5-6,11,16-17,20H,4,7-10,12-13H2,1-3H3. The Kier molecular flexibility index (Phi) is 6.68. The summed E-state index contributed by atoms with van der Waals surface area (Å²) in [7, 11) is 0. The first-order valence-electron chi connectivity index (χ1n) is 8.29. The van der Waals surface area contributed by atoms with Gasteiger partial charge in [0.05, 0.1) is 18.8 Å². The van der Waals surface area contributed by atoms with Gasteiger partial charge in [0.15, 0.2) is 0 Å². The zero-order chi connectivity index (χ0) is 15.9. The van der Waals surface area contributed by atoms with Gasteiger partial charge < -0.3 is 19.5 Å². The molecule has 0 bridgehead atoms. The number of ether oxygens (including phenoxy) is 2. The molecule has 22 heavy (non-hydrogen) atoms. The molecule has 1 aliphatic rings. The molecule has 4 nitrogen and oxygen atoms in total. The molecular formula is C18H29NO3. The molecule has 0 aromatic heterocycles. The summed E-state index contributed by atoms with van der Waals surface area (Å²) in [6, 6.07) is 6.44. The highest BCUT2D eigenvalue weighted by atomic mass is 16.5. The third kappa shape index (κ3) is 4.97. The fraction of sp³-hybridized carbons (Fsp3) is 0.667. The quantitative estimate of drug-likeness (QED) is 0.841. The smallest absolute Gasteiger partial charge is 0.0948 e. The van der Waals surface area contributed by atoms with Gasteiger partial charge in [-0.1, -0.05) is 12.1 Å². The Labute approximate surface area is 134 Å². The maximum Gasteiger partial charge on any atom is 0.0948 e. The summed E-state index contributed by atoms with van der Waals surface area (Å²) in [5.41, 5.74) is 3.68. The van der Waals surface area contributed by atoms with Crippen molar-refractivity contribution in [2.45, 2.75) is 45.8 Å². The molecule has 2 rings (SSSR count). The Morgan fingerprint density at radius 3 is 2.73 bits per heavy atom. The number of benzene rings is 1. The van der Waals surface area contributed by atoms with Crippen molar-refractivity contribution < 1.29 is 14.6 Å². The Bertz CT molecular complexity index is 458. The van der Waals surface area contributed by atoms with E-state index < -0.39 is 6.10 Å². The summed E-state index contributed by atoms with van der Waals surface area (Å²) < 4.78 is 11.1. The molecule has 1 atom stereocenters. The van der Waals surface area contributed by atoms with Crippen molar-refractivity contribution in [1.29, 1.82) is 0 Å². The molecule has 1 unspecified atom stereocenters. The first-order chi connectivity index (χ1) is 10.6. The number of aliphatic hydroxyl groups is 1. The average Bonchev–Trinajstić information content (AvgIpc) is 2.54. The van der Waals surface area contributed by atoms with Crippen LogP contribution in [-0.4, -0.2) is 50.2 Å². The van der Waals surface area contributed by atoms with Gasteiger partial charge in [-0.2, -0.15) is 0 Å². The number of rotatable bonds is 7. The number of anilines is 1. The molecule has 1 fully saturated rings. The minimum atomic E-state index is -0.470. The van der Waals surface area contributed by atoms with Crippen LogP contribution < -0.4 is 4.90 Å². The van der Waals surface area contributed by atoms with Crippen LogP contribution in [0.1, 0.15) is 30.9 Å². The third-order valence-electron chi connectivity index (χ3n) is 4.21. The molecule has 1 N–H and O–H groups in total. The number of aliphatic hydroxyl groups excluding tert-OH is 1. The van der Waals surface area contributed by atoms with E-state index in [1.807, 2.05) is 0 Å². The fourth-order valence-corrected chi connectivity index (χ4v) is 2.85. The lowest BCUT2D eigenvalue weighted by molar-refractivity contribution is -0.0575. The van der Waals surface area contributed by atoms with Crippen LogP contribution in [-0.2, 0) is 9.47 Å². The van der Waals surface area contributed by atoms with Gasteiger partial charge >= 0.3 is 0 Å². The topological polar surface area (TPSA) is 41.9 Å². The van der Waals surface area contributed by atoms with E-state index in [0.717, 1.165) is 32.6 Å². The monoisotopic (exact) mass is 307 g/mol. The highest BCUT2D eigenvalue weighted by Crippen LogP contribution is 2.22. The average molecular weight is 307 g/mol. The second-order valence-electron chi connectivity index (χ2n) is 6.13. The lowest BCUT2D eigenvalue weighted by atomic mass is 10.1. The van der Waals surface area contributed by atoms with Gasteiger partial charge in [-0.3, -0.25) is 0 Å². The number of nitrogens with zero attached hydrogens (tertiary/aromatic N) is 1. The van der Waals surface area contributed by atoms with Crippen molar-refractivity contribution in [2.75, 3.05) is 37.8 Å². The summed E-state index contributed by atoms with van der Waals surface area (Å²) >= 11 is 0. The van der Waals surface area contributed by atoms with E-state index in [2.05, 4.69) is 43.9 Å². The van der Waals surface area contributed by atoms with Crippen molar-refractivity contribution >= 4 is 5.69 Å². The predicted molar refractivity (Wildman–Crippen MR) is 89.6 cm³/mol. The van der Waals surface area contributed by atoms with E-state index in [4.69, 9.17) is 9.47 Å². The van der Waals surface area contributed by atoms with E-state index in [1.165, 1.54) is 16.8 Å². The molecule has 4 heteroatoms. The SMILES string of the molecule is CCN(CC(O)COC1CCOCC1)c1cc(C)ccc1C. The van der Waals surface area contributed by atoms with E-state index in [1.54, 1.807) is 0 Å². The largest absolute Gasteiger partial charge is 0.389 e. The van der Waals surface area contributed by atoms with E-state index >= 15 is 0 Å². The molecule has 0 radical (unpaired) electrons. The summed E-state index contributed by atoms with van der Waals surface area (Å²) in [5.74, 6) is 0. The van der Waals surface area contributed by atoms with E-state index in [0.29, 0.717) is 13.2 Å². The number of likely N-dealkylation sites (N-methyl/N-ethyl adjacent to an activating group) is 1. The van der Waals surface area contributed by atoms with Crippen LogP contribution in [0, 0.1) is 13.8 Å². The number of hydrogen-bond donors (Lipinski definition) is 1. The first kappa shape index (κ1) is 17.3. The second-order valence-corrected chi connectivity index (χ2v) is 6.13. The second kappa shape index (κ2) is 8.51. The molecule has 0 saturated carbocycles. The summed E-state index contributed by atoms with van der Waals surface area (Å²) in [6.45, 7) is 9.74. The van der Waals surface area contributed by atoms with Crippen LogP contribution in [0.4, 0.5) is 5.69 Å². The molecule has 0 amide bonds. The molecular weight excluding hydrogens is 278 g/mol. The summed E-state index contributed by atoms with van der Waals surface area (Å²) in [5, 5.41) is 10.3. The summed E-state index contributed by atoms with van der Waals surface area (Å²) in [4.78, 5) is 2.22. The highest BCUT2D eigenvalue weighted by molar-refractivity contribution is 5.54. The van der Waals surface area contributed by atoms with Gasteiger partial charge in [-0.25, -0.2) is 0 Å². The molecule has 1 aromatic rings. The lowest BCUT2D eigenvalue weighted by Crippen LogP contribution is -2.37. The van der Waals surface area contributed by atoms with Crippen LogP contribution in [0.3, 0.4) is 0 Å². The first-order valence-corrected chi connectivity index (χ1v) is 8.29. The van der Waals surface area contributed by atoms with E-state index in [9.17, 15) is 5.11 Å². The Morgan fingerprint density at radius 1 is 1.32 bits per heavy atom. The Balaban J connectivity index is 1.87. The van der Waals surface area contributed by atoms with Crippen LogP contribution in [0.25, 0.3) is 0 Å². The van der Waals surface area contributed by atoms with Gasteiger partial charge in [0.1, 0.15) is 0 Å². The molecule has 0 aliphatic carbocycles. The fourth-order valence-electron chi connectivity index (χ4n) is 2.85. The molecule has 1 aliphatic heterocycles. The number of hydrogen-bond acceptors (Lipinski definition) is 4. The Hall–Kier alpha value is -1.10. The van der Waals surface area contributed by atoms with Gasteiger partial charge in [0, 0.05) is 32.0 Å². The van der Waals surface area contributed by atoms with Crippen LogP contribution in [0.2, 0.25) is 0 Å². The minimum absolute atomic E-state index is 0.235. The minimum Gasteiger partial charge on any atom is -0.389 e. The van der Waals surface area contributed by atoms with Crippen LogP contribution >= 0.6 is 0 Å². The Morgan fingerprint density at radius 2 is 2.05 bits per heavy atom. The van der Waals surface area contributed by atoms with Gasteiger partial charge in [0.25, 0.3) is 0 Å². The lowest BCUT2D eigenvalue weighted by Gasteiger charge is -2.29. The number of aryl methyl sites for hydroxylation is 2. The van der Waals surface area contributed by atoms with Crippen molar-refractivity contribution in [1.82, 2.24) is 0 Å². The third-order valence-corrected chi connectivity index (χ3v) is 4.21. The van der Waals surface area contributed by atoms with Crippen LogP contribution in [0.5, 0.6) is 0 Å². The summed E-state index contributed by atoms with van der Waals surface area (Å²) in [6.07, 6.45) is 1.63.